The van der Waals surface area contributed by atoms with E-state index < -0.39 is 0 Å². The Balaban J connectivity index is 1.01. The van der Waals surface area contributed by atoms with Gasteiger partial charge in [0, 0.05) is 87.6 Å². The van der Waals surface area contributed by atoms with E-state index in [1.807, 2.05) is 17.0 Å². The minimum Gasteiger partial charge on any atom is -0.489 e. The average molecular weight is 571 g/mol. The lowest BCUT2D eigenvalue weighted by Crippen LogP contribution is -2.46. The Kier molecular flexibility index (Phi) is 8.13. The first kappa shape index (κ1) is 27.8. The van der Waals surface area contributed by atoms with Gasteiger partial charge in [0.1, 0.15) is 11.9 Å². The van der Waals surface area contributed by atoms with Crippen LogP contribution in [0.25, 0.3) is 10.9 Å². The second-order valence-electron chi connectivity index (χ2n) is 12.5. The molecule has 4 aliphatic heterocycles. The highest BCUT2D eigenvalue weighted by atomic mass is 16.5. The van der Waals surface area contributed by atoms with Crippen LogP contribution in [0.5, 0.6) is 5.75 Å². The normalized spacial score (nSPS) is 25.3. The van der Waals surface area contributed by atoms with Gasteiger partial charge in [-0.15, -0.1) is 0 Å². The number of likely N-dealkylation sites (tertiary alicyclic amines) is 1. The van der Waals surface area contributed by atoms with E-state index in [-0.39, 0.29) is 24.0 Å². The Morgan fingerprint density at radius 3 is 2.79 bits per heavy atom. The van der Waals surface area contributed by atoms with Crippen molar-refractivity contribution in [3.63, 3.8) is 0 Å². The maximum atomic E-state index is 13.1. The van der Waals surface area contributed by atoms with Gasteiger partial charge < -0.3 is 24.4 Å². The Morgan fingerprint density at radius 2 is 1.95 bits per heavy atom. The van der Waals surface area contributed by atoms with Crippen LogP contribution in [0.3, 0.4) is 0 Å². The zero-order valence-electron chi connectivity index (χ0n) is 24.6. The molecular formula is C34H42N4O4. The van der Waals surface area contributed by atoms with Crippen LogP contribution >= 0.6 is 0 Å². The van der Waals surface area contributed by atoms with Gasteiger partial charge >= 0.3 is 0 Å². The Morgan fingerprint density at radius 1 is 1.05 bits per heavy atom. The van der Waals surface area contributed by atoms with E-state index in [1.165, 1.54) is 16.6 Å². The van der Waals surface area contributed by atoms with Gasteiger partial charge in [-0.25, -0.2) is 0 Å². The molecule has 8 heteroatoms. The molecule has 8 nitrogen and oxygen atoms in total. The van der Waals surface area contributed by atoms with Crippen molar-refractivity contribution in [2.24, 2.45) is 5.92 Å². The maximum absolute atomic E-state index is 13.1. The highest BCUT2D eigenvalue weighted by Gasteiger charge is 2.36. The SMILES string of the molecule is COC[C@@H]1CN(Cc2ccc3nc(C4CCOCC4)ccc3c2)C[C@H]1Oc1ccc2c(c1)CN(C1CCCNC1)C2=O. The molecule has 42 heavy (non-hydrogen) atoms. The Hall–Kier alpha value is -3.04. The van der Waals surface area contributed by atoms with Gasteiger partial charge in [0.2, 0.25) is 0 Å². The maximum Gasteiger partial charge on any atom is 0.254 e. The molecular weight excluding hydrogens is 528 g/mol. The summed E-state index contributed by atoms with van der Waals surface area (Å²) in [6.07, 6.45) is 4.32. The summed E-state index contributed by atoms with van der Waals surface area (Å²) in [6, 6.07) is 17.4. The highest BCUT2D eigenvalue weighted by Crippen LogP contribution is 2.32. The van der Waals surface area contributed by atoms with Crippen molar-refractivity contribution in [3.05, 3.63) is 70.9 Å². The number of aromatic nitrogens is 1. The zero-order valence-corrected chi connectivity index (χ0v) is 24.6. The molecule has 0 aliphatic carbocycles. The number of pyridine rings is 1. The summed E-state index contributed by atoms with van der Waals surface area (Å²) in [4.78, 5) is 22.6. The number of nitrogens with one attached hydrogen (secondary N) is 1. The molecule has 222 valence electrons. The lowest BCUT2D eigenvalue weighted by Gasteiger charge is -2.31. The van der Waals surface area contributed by atoms with E-state index in [0.717, 1.165) is 94.0 Å². The minimum absolute atomic E-state index is 0.0305. The van der Waals surface area contributed by atoms with E-state index in [2.05, 4.69) is 46.6 Å². The number of methoxy groups -OCH3 is 1. The first-order chi connectivity index (χ1) is 20.6. The lowest BCUT2D eigenvalue weighted by atomic mass is 9.95. The fourth-order valence-corrected chi connectivity index (χ4v) is 7.29. The van der Waals surface area contributed by atoms with Crippen LogP contribution in [-0.4, -0.2) is 85.9 Å². The first-order valence-corrected chi connectivity index (χ1v) is 15.6. The molecule has 3 saturated heterocycles. The molecule has 0 bridgehead atoms. The number of carbonyl (C=O) groups is 1. The van der Waals surface area contributed by atoms with Crippen molar-refractivity contribution in [3.8, 4) is 5.75 Å². The van der Waals surface area contributed by atoms with Crippen LogP contribution in [0.2, 0.25) is 0 Å². The molecule has 3 fully saturated rings. The number of carbonyl (C=O) groups excluding carboxylic acids is 1. The predicted octanol–water partition coefficient (Wildman–Crippen LogP) is 4.36. The van der Waals surface area contributed by atoms with Crippen molar-refractivity contribution in [1.29, 1.82) is 0 Å². The second kappa shape index (κ2) is 12.3. The van der Waals surface area contributed by atoms with Gasteiger partial charge in [-0.2, -0.15) is 0 Å². The lowest BCUT2D eigenvalue weighted by molar-refractivity contribution is 0.0674. The van der Waals surface area contributed by atoms with Crippen molar-refractivity contribution in [2.45, 2.75) is 56.8 Å². The number of nitrogens with zero attached hydrogens (tertiary/aromatic N) is 3. The number of piperidine rings is 1. The fourth-order valence-electron chi connectivity index (χ4n) is 7.29. The third kappa shape index (κ3) is 5.78. The zero-order chi connectivity index (χ0) is 28.5. The van der Waals surface area contributed by atoms with Crippen LogP contribution < -0.4 is 10.1 Å². The molecule has 1 aromatic heterocycles. The summed E-state index contributed by atoms with van der Waals surface area (Å²) < 4.78 is 17.7. The minimum atomic E-state index is 0.0305. The molecule has 3 atom stereocenters. The number of amides is 1. The van der Waals surface area contributed by atoms with Gasteiger partial charge in [0.05, 0.1) is 12.1 Å². The first-order valence-electron chi connectivity index (χ1n) is 15.6. The summed E-state index contributed by atoms with van der Waals surface area (Å²) in [5.74, 6) is 1.77. The summed E-state index contributed by atoms with van der Waals surface area (Å²) in [5, 5.41) is 4.63. The largest absolute Gasteiger partial charge is 0.489 e. The molecule has 2 aromatic carbocycles. The Labute approximate surface area is 248 Å². The molecule has 0 saturated carbocycles. The third-order valence-electron chi connectivity index (χ3n) is 9.57. The van der Waals surface area contributed by atoms with Gasteiger partial charge in [-0.1, -0.05) is 12.1 Å². The van der Waals surface area contributed by atoms with Crippen LogP contribution in [0, 0.1) is 5.92 Å². The smallest absolute Gasteiger partial charge is 0.254 e. The average Bonchev–Trinajstić information content (AvgIpc) is 3.56. The summed E-state index contributed by atoms with van der Waals surface area (Å²) in [7, 11) is 1.76. The van der Waals surface area contributed by atoms with E-state index in [0.29, 0.717) is 19.1 Å². The van der Waals surface area contributed by atoms with Gasteiger partial charge in [-0.3, -0.25) is 14.7 Å². The highest BCUT2D eigenvalue weighted by molar-refractivity contribution is 5.98. The van der Waals surface area contributed by atoms with Gasteiger partial charge in [0.15, 0.2) is 0 Å². The molecule has 5 heterocycles. The molecule has 4 aliphatic rings. The van der Waals surface area contributed by atoms with E-state index in [4.69, 9.17) is 19.2 Å². The summed E-state index contributed by atoms with van der Waals surface area (Å²) >= 11 is 0. The van der Waals surface area contributed by atoms with Crippen LogP contribution in [0.15, 0.2) is 48.5 Å². The number of hydrogen-bond donors (Lipinski definition) is 1. The second-order valence-corrected chi connectivity index (χ2v) is 12.5. The molecule has 0 spiro atoms. The number of fused-ring (bicyclic) bond motifs is 2. The van der Waals surface area contributed by atoms with Crippen molar-refractivity contribution >= 4 is 16.8 Å². The van der Waals surface area contributed by atoms with E-state index >= 15 is 0 Å². The topological polar surface area (TPSA) is 76.2 Å². The Bertz CT molecular complexity index is 1420. The van der Waals surface area contributed by atoms with Crippen LogP contribution in [0.1, 0.15) is 58.8 Å². The van der Waals surface area contributed by atoms with Crippen molar-refractivity contribution in [1.82, 2.24) is 20.1 Å². The standard InChI is InChI=1S/C34H42N4O4/c1-40-22-27-19-37(18-23-4-8-32-25(15-23)5-9-31(36-32)24-10-13-41-14-11-24)21-33(27)42-29-6-7-30-26(16-29)20-38(34(30)39)28-3-2-12-35-17-28/h4-9,15-16,24,27-28,33,35H,2-3,10-14,17-22H2,1H3/t27-,28?,33+/m0/s1. The van der Waals surface area contributed by atoms with Crippen molar-refractivity contribution in [2.75, 3.05) is 53.1 Å². The number of benzene rings is 2. The molecule has 3 aromatic rings. The molecule has 1 amide bonds. The monoisotopic (exact) mass is 570 g/mol. The summed E-state index contributed by atoms with van der Waals surface area (Å²) in [6.45, 7) is 7.53. The van der Waals surface area contributed by atoms with Crippen molar-refractivity contribution < 1.29 is 19.0 Å². The summed E-state index contributed by atoms with van der Waals surface area (Å²) in [5.41, 5.74) is 5.44. The fraction of sp³-hybridized carbons (Fsp3) is 0.529. The number of rotatable bonds is 8. The van der Waals surface area contributed by atoms with E-state index in [9.17, 15) is 4.79 Å². The molecule has 7 rings (SSSR count). The number of hydrogen-bond acceptors (Lipinski definition) is 7. The molecule has 1 unspecified atom stereocenters. The van der Waals surface area contributed by atoms with Gasteiger partial charge in [-0.05, 0) is 79.8 Å². The van der Waals surface area contributed by atoms with Crippen LogP contribution in [-0.2, 0) is 22.6 Å². The van der Waals surface area contributed by atoms with Gasteiger partial charge in [0.25, 0.3) is 5.91 Å². The number of ether oxygens (including phenoxy) is 3. The predicted molar refractivity (Wildman–Crippen MR) is 162 cm³/mol. The third-order valence-corrected chi connectivity index (χ3v) is 9.57. The van der Waals surface area contributed by atoms with Crippen LogP contribution in [0.4, 0.5) is 0 Å². The molecule has 1 N–H and O–H groups in total. The quantitative estimate of drug-likeness (QED) is 0.431. The van der Waals surface area contributed by atoms with E-state index in [1.54, 1.807) is 7.11 Å². The molecule has 0 radical (unpaired) electrons.